The summed E-state index contributed by atoms with van der Waals surface area (Å²) in [4.78, 5) is 4.95. The Hall–Kier alpha value is -1.50. The first-order valence-electron chi connectivity index (χ1n) is 11.4. The Labute approximate surface area is 201 Å². The van der Waals surface area contributed by atoms with Crippen LogP contribution in [0, 0.1) is 0 Å². The molecule has 0 N–H and O–H groups in total. The number of hydrogen-bond acceptors (Lipinski definition) is 5. The zero-order chi connectivity index (χ0) is 22.7. The number of ether oxygens (including phenoxy) is 3. The van der Waals surface area contributed by atoms with E-state index in [0.717, 1.165) is 37.5 Å². The summed E-state index contributed by atoms with van der Waals surface area (Å²) in [6.45, 7) is 11.7. The van der Waals surface area contributed by atoms with E-state index in [9.17, 15) is 0 Å². The number of halogens is 2. The zero-order valence-corrected chi connectivity index (χ0v) is 20.5. The number of hydrogen-bond donors (Lipinski definition) is 0. The van der Waals surface area contributed by atoms with E-state index >= 15 is 0 Å². The van der Waals surface area contributed by atoms with Crippen LogP contribution in [0.5, 0.6) is 5.75 Å². The van der Waals surface area contributed by atoms with Crippen molar-refractivity contribution in [2.45, 2.75) is 45.1 Å². The molecule has 0 saturated carbocycles. The van der Waals surface area contributed by atoms with E-state index in [0.29, 0.717) is 35.7 Å². The number of rotatable bonds is 7. The Kier molecular flexibility index (Phi) is 7.53. The van der Waals surface area contributed by atoms with Crippen LogP contribution in [-0.2, 0) is 15.3 Å². The third-order valence-electron chi connectivity index (χ3n) is 6.35. The van der Waals surface area contributed by atoms with Crippen LogP contribution >= 0.6 is 23.2 Å². The standard InChI is InChI=1S/C25H32Cl2N2O3/c1-4-25(23-10-5-19(26)15-24(23)27)31-17-22(32-25)16-30-21-8-6-20(7-9-21)29-13-11-28(12-14-29)18(2)3/h5-10,15,18,22H,4,11-14,16-17H2,1-3H3/t22?,25-/m0/s1. The molecule has 7 heteroatoms. The van der Waals surface area contributed by atoms with Gasteiger partial charge in [-0.25, -0.2) is 0 Å². The SMILES string of the molecule is CC[C@]1(c2ccc(Cl)cc2Cl)OCC(COc2ccc(N3CCN(C(C)C)CC3)cc2)O1. The molecule has 0 aromatic heterocycles. The van der Waals surface area contributed by atoms with Crippen molar-refractivity contribution >= 4 is 28.9 Å². The zero-order valence-electron chi connectivity index (χ0n) is 19.0. The summed E-state index contributed by atoms with van der Waals surface area (Å²) >= 11 is 12.5. The van der Waals surface area contributed by atoms with Gasteiger partial charge in [0.15, 0.2) is 5.79 Å². The fourth-order valence-corrected chi connectivity index (χ4v) is 4.95. The molecule has 0 radical (unpaired) electrons. The van der Waals surface area contributed by atoms with Crippen molar-refractivity contribution in [1.29, 1.82) is 0 Å². The molecule has 2 aliphatic rings. The van der Waals surface area contributed by atoms with E-state index in [-0.39, 0.29) is 6.10 Å². The number of anilines is 1. The molecular formula is C25H32Cl2N2O3. The molecule has 1 unspecified atom stereocenters. The molecule has 4 rings (SSSR count). The molecule has 32 heavy (non-hydrogen) atoms. The van der Waals surface area contributed by atoms with Gasteiger partial charge in [-0.05, 0) is 50.2 Å². The van der Waals surface area contributed by atoms with Crippen molar-refractivity contribution in [1.82, 2.24) is 4.90 Å². The molecule has 2 aromatic rings. The van der Waals surface area contributed by atoms with Gasteiger partial charge in [0, 0.05) is 54.9 Å². The summed E-state index contributed by atoms with van der Waals surface area (Å²) in [5.41, 5.74) is 2.04. The predicted octanol–water partition coefficient (Wildman–Crippen LogP) is 5.58. The van der Waals surface area contributed by atoms with E-state index < -0.39 is 5.79 Å². The molecule has 2 saturated heterocycles. The van der Waals surface area contributed by atoms with E-state index in [2.05, 4.69) is 35.8 Å². The normalized spacial score (nSPS) is 24.3. The molecule has 0 spiro atoms. The highest BCUT2D eigenvalue weighted by Gasteiger charge is 2.43. The van der Waals surface area contributed by atoms with Crippen molar-refractivity contribution in [3.8, 4) is 5.75 Å². The topological polar surface area (TPSA) is 34.2 Å². The first kappa shape index (κ1) is 23.7. The highest BCUT2D eigenvalue weighted by Crippen LogP contribution is 2.41. The lowest BCUT2D eigenvalue weighted by molar-refractivity contribution is -0.181. The maximum absolute atomic E-state index is 6.42. The Balaban J connectivity index is 1.31. The Morgan fingerprint density at radius 2 is 1.78 bits per heavy atom. The molecule has 2 atom stereocenters. The highest BCUT2D eigenvalue weighted by molar-refractivity contribution is 6.35. The maximum Gasteiger partial charge on any atom is 0.196 e. The van der Waals surface area contributed by atoms with Gasteiger partial charge in [-0.2, -0.15) is 0 Å². The van der Waals surface area contributed by atoms with Gasteiger partial charge in [-0.1, -0.05) is 36.2 Å². The van der Waals surface area contributed by atoms with Gasteiger partial charge >= 0.3 is 0 Å². The minimum absolute atomic E-state index is 0.175. The molecule has 5 nitrogen and oxygen atoms in total. The molecule has 0 bridgehead atoms. The van der Waals surface area contributed by atoms with Crippen LogP contribution in [0.15, 0.2) is 42.5 Å². The van der Waals surface area contributed by atoms with E-state index in [1.807, 2.05) is 25.1 Å². The molecule has 2 aromatic carbocycles. The lowest BCUT2D eigenvalue weighted by Crippen LogP contribution is -2.48. The van der Waals surface area contributed by atoms with Crippen LogP contribution in [0.25, 0.3) is 0 Å². The first-order chi connectivity index (χ1) is 15.4. The quantitative estimate of drug-likeness (QED) is 0.518. The van der Waals surface area contributed by atoms with Crippen molar-refractivity contribution in [3.63, 3.8) is 0 Å². The Bertz CT molecular complexity index is 901. The summed E-state index contributed by atoms with van der Waals surface area (Å²) in [6.07, 6.45) is 0.467. The van der Waals surface area contributed by atoms with Gasteiger partial charge < -0.3 is 19.1 Å². The number of nitrogens with zero attached hydrogens (tertiary/aromatic N) is 2. The van der Waals surface area contributed by atoms with E-state index in [4.69, 9.17) is 37.4 Å². The van der Waals surface area contributed by atoms with Gasteiger partial charge in [-0.15, -0.1) is 0 Å². The third-order valence-corrected chi connectivity index (χ3v) is 6.90. The molecule has 0 amide bonds. The summed E-state index contributed by atoms with van der Waals surface area (Å²) in [7, 11) is 0. The van der Waals surface area contributed by atoms with Crippen LogP contribution in [0.4, 0.5) is 5.69 Å². The summed E-state index contributed by atoms with van der Waals surface area (Å²) in [5, 5.41) is 1.14. The number of benzene rings is 2. The Morgan fingerprint density at radius 1 is 1.06 bits per heavy atom. The molecular weight excluding hydrogens is 447 g/mol. The average Bonchev–Trinajstić information content (AvgIpc) is 3.22. The second-order valence-electron chi connectivity index (χ2n) is 8.70. The van der Waals surface area contributed by atoms with Gasteiger partial charge in [0.1, 0.15) is 18.5 Å². The van der Waals surface area contributed by atoms with Crippen LogP contribution in [0.2, 0.25) is 10.0 Å². The summed E-state index contributed by atoms with van der Waals surface area (Å²) < 4.78 is 18.4. The van der Waals surface area contributed by atoms with Gasteiger partial charge in [0.2, 0.25) is 0 Å². The van der Waals surface area contributed by atoms with Crippen molar-refractivity contribution < 1.29 is 14.2 Å². The largest absolute Gasteiger partial charge is 0.491 e. The minimum Gasteiger partial charge on any atom is -0.491 e. The second-order valence-corrected chi connectivity index (χ2v) is 9.55. The molecule has 2 heterocycles. The second kappa shape index (κ2) is 10.2. The number of piperazine rings is 1. The Morgan fingerprint density at radius 3 is 2.41 bits per heavy atom. The van der Waals surface area contributed by atoms with Gasteiger partial charge in [-0.3, -0.25) is 4.90 Å². The van der Waals surface area contributed by atoms with E-state index in [1.54, 1.807) is 12.1 Å². The fraction of sp³-hybridized carbons (Fsp3) is 0.520. The first-order valence-corrected chi connectivity index (χ1v) is 12.1. The van der Waals surface area contributed by atoms with Gasteiger partial charge in [0.05, 0.1) is 11.6 Å². The molecule has 2 fully saturated rings. The minimum atomic E-state index is -0.863. The van der Waals surface area contributed by atoms with E-state index in [1.165, 1.54) is 5.69 Å². The summed E-state index contributed by atoms with van der Waals surface area (Å²) in [6, 6.07) is 14.3. The van der Waals surface area contributed by atoms with Crippen molar-refractivity contribution in [3.05, 3.63) is 58.1 Å². The van der Waals surface area contributed by atoms with Crippen molar-refractivity contribution in [2.24, 2.45) is 0 Å². The predicted molar refractivity (Wildman–Crippen MR) is 130 cm³/mol. The lowest BCUT2D eigenvalue weighted by Gasteiger charge is -2.38. The fourth-order valence-electron chi connectivity index (χ4n) is 4.40. The highest BCUT2D eigenvalue weighted by atomic mass is 35.5. The molecule has 174 valence electrons. The maximum atomic E-state index is 6.42. The van der Waals surface area contributed by atoms with Crippen LogP contribution in [-0.4, -0.2) is 56.4 Å². The van der Waals surface area contributed by atoms with Gasteiger partial charge in [0.25, 0.3) is 0 Å². The molecule has 0 aliphatic carbocycles. The molecule has 2 aliphatic heterocycles. The average molecular weight is 479 g/mol. The smallest absolute Gasteiger partial charge is 0.196 e. The summed E-state index contributed by atoms with van der Waals surface area (Å²) in [5.74, 6) is -0.0331. The van der Waals surface area contributed by atoms with Crippen LogP contribution in [0.3, 0.4) is 0 Å². The lowest BCUT2D eigenvalue weighted by atomic mass is 10.0. The monoisotopic (exact) mass is 478 g/mol. The van der Waals surface area contributed by atoms with Crippen LogP contribution in [0.1, 0.15) is 32.8 Å². The van der Waals surface area contributed by atoms with Crippen molar-refractivity contribution in [2.75, 3.05) is 44.3 Å². The third kappa shape index (κ3) is 5.18. The van der Waals surface area contributed by atoms with Crippen LogP contribution < -0.4 is 9.64 Å².